The number of amides is 2. The second-order valence-electron chi connectivity index (χ2n) is 10.4. The normalized spacial score (nSPS) is 13.4. The summed E-state index contributed by atoms with van der Waals surface area (Å²) >= 11 is 6.11. The molecule has 0 atom stereocenters. The van der Waals surface area contributed by atoms with Gasteiger partial charge in [-0.3, -0.25) is 14.0 Å². The summed E-state index contributed by atoms with van der Waals surface area (Å²) in [5.74, 6) is -0.0448. The number of pyridine rings is 1. The third kappa shape index (κ3) is 6.82. The maximum atomic E-state index is 13.1. The zero-order valence-electron chi connectivity index (χ0n) is 23.7. The molecule has 2 N–H and O–H groups in total. The fourth-order valence-electron chi connectivity index (χ4n) is 5.21. The lowest BCUT2D eigenvalue weighted by molar-refractivity contribution is -0.121. The van der Waals surface area contributed by atoms with Crippen molar-refractivity contribution in [2.45, 2.75) is 46.2 Å². The fourth-order valence-corrected chi connectivity index (χ4v) is 5.36. The molecule has 1 fully saturated rings. The Morgan fingerprint density at radius 3 is 1.93 bits per heavy atom. The number of hydrogen-bond acceptors (Lipinski definition) is 5. The minimum Gasteiger partial charge on any atom is -0.368 e. The maximum Gasteiger partial charge on any atom is 0.270 e. The van der Waals surface area contributed by atoms with E-state index in [0.29, 0.717) is 42.3 Å². The summed E-state index contributed by atoms with van der Waals surface area (Å²) < 4.78 is 1.80. The standard InChI is InChI=1S/C32H37ClN6O2/c1-3-5-30(40)34-21-23-6-10-26(11-7-23)37-16-18-38(19-17-37)27-12-8-24(9-13-27)22-35-32(41)31-28(4-2)36-29-20-25(33)14-15-39(29)31/h6-15,20H,3-5,16-19,21-22H2,1-2H3,(H,34,40)(H,35,41). The predicted octanol–water partition coefficient (Wildman–Crippen LogP) is 5.22. The molecule has 8 nitrogen and oxygen atoms in total. The van der Waals surface area contributed by atoms with Crippen LogP contribution < -0.4 is 20.4 Å². The number of aryl methyl sites for hydroxylation is 1. The highest BCUT2D eigenvalue weighted by Gasteiger charge is 2.19. The molecule has 9 heteroatoms. The van der Waals surface area contributed by atoms with E-state index in [0.717, 1.165) is 49.4 Å². The Hall–Kier alpha value is -4.04. The molecular weight excluding hydrogens is 536 g/mol. The van der Waals surface area contributed by atoms with Gasteiger partial charge in [-0.2, -0.15) is 0 Å². The lowest BCUT2D eigenvalue weighted by Gasteiger charge is -2.37. The molecule has 2 amide bonds. The number of fused-ring (bicyclic) bond motifs is 1. The van der Waals surface area contributed by atoms with Crippen LogP contribution >= 0.6 is 11.6 Å². The lowest BCUT2D eigenvalue weighted by Crippen LogP contribution is -2.46. The number of aromatic nitrogens is 2. The predicted molar refractivity (Wildman–Crippen MR) is 165 cm³/mol. The summed E-state index contributed by atoms with van der Waals surface area (Å²) in [6, 6.07) is 20.4. The van der Waals surface area contributed by atoms with E-state index >= 15 is 0 Å². The monoisotopic (exact) mass is 572 g/mol. The first kappa shape index (κ1) is 28.5. The minimum atomic E-state index is -0.147. The van der Waals surface area contributed by atoms with Crippen LogP contribution in [-0.4, -0.2) is 47.4 Å². The number of halogens is 1. The van der Waals surface area contributed by atoms with Crippen molar-refractivity contribution in [3.8, 4) is 0 Å². The first-order valence-electron chi connectivity index (χ1n) is 14.3. The van der Waals surface area contributed by atoms with Gasteiger partial charge in [0.15, 0.2) is 0 Å². The number of nitrogens with zero attached hydrogens (tertiary/aromatic N) is 4. The van der Waals surface area contributed by atoms with Gasteiger partial charge in [0.05, 0.1) is 5.69 Å². The summed E-state index contributed by atoms with van der Waals surface area (Å²) in [5, 5.41) is 6.62. The number of benzene rings is 2. The molecule has 5 rings (SSSR count). The summed E-state index contributed by atoms with van der Waals surface area (Å²) in [6.45, 7) is 8.76. The SMILES string of the molecule is CCCC(=O)NCc1ccc(N2CCN(c3ccc(CNC(=O)c4c(CC)nc5cc(Cl)ccn45)cc3)CC2)cc1. The van der Waals surface area contributed by atoms with Crippen LogP contribution in [0.3, 0.4) is 0 Å². The average molecular weight is 573 g/mol. The zero-order valence-corrected chi connectivity index (χ0v) is 24.5. The van der Waals surface area contributed by atoms with Crippen LogP contribution in [0.15, 0.2) is 66.9 Å². The highest BCUT2D eigenvalue weighted by atomic mass is 35.5. The smallest absolute Gasteiger partial charge is 0.270 e. The highest BCUT2D eigenvalue weighted by Crippen LogP contribution is 2.22. The van der Waals surface area contributed by atoms with Crippen molar-refractivity contribution in [1.82, 2.24) is 20.0 Å². The Balaban J connectivity index is 1.12. The Morgan fingerprint density at radius 2 is 1.39 bits per heavy atom. The van der Waals surface area contributed by atoms with Gasteiger partial charge in [-0.15, -0.1) is 0 Å². The number of anilines is 2. The van der Waals surface area contributed by atoms with Crippen LogP contribution in [-0.2, 0) is 24.3 Å². The van der Waals surface area contributed by atoms with E-state index < -0.39 is 0 Å². The van der Waals surface area contributed by atoms with Gasteiger partial charge >= 0.3 is 0 Å². The molecule has 2 aromatic heterocycles. The Kier molecular flexibility index (Phi) is 9.09. The molecule has 0 unspecified atom stereocenters. The van der Waals surface area contributed by atoms with Crippen LogP contribution in [0.4, 0.5) is 11.4 Å². The van der Waals surface area contributed by atoms with Crippen molar-refractivity contribution in [2.24, 2.45) is 0 Å². The largest absolute Gasteiger partial charge is 0.368 e. The van der Waals surface area contributed by atoms with Crippen molar-refractivity contribution in [1.29, 1.82) is 0 Å². The van der Waals surface area contributed by atoms with Gasteiger partial charge < -0.3 is 20.4 Å². The minimum absolute atomic E-state index is 0.102. The van der Waals surface area contributed by atoms with Gasteiger partial charge in [0.2, 0.25) is 5.91 Å². The number of imidazole rings is 1. The summed E-state index contributed by atoms with van der Waals surface area (Å²) in [7, 11) is 0. The summed E-state index contributed by atoms with van der Waals surface area (Å²) in [4.78, 5) is 34.2. The third-order valence-corrected chi connectivity index (χ3v) is 7.75. The summed E-state index contributed by atoms with van der Waals surface area (Å²) in [6.07, 6.45) is 3.88. The number of carbonyl (C=O) groups is 2. The molecule has 4 aromatic rings. The van der Waals surface area contributed by atoms with Crippen molar-refractivity contribution < 1.29 is 9.59 Å². The third-order valence-electron chi connectivity index (χ3n) is 7.51. The topological polar surface area (TPSA) is 82.0 Å². The molecule has 3 heterocycles. The van der Waals surface area contributed by atoms with E-state index in [-0.39, 0.29) is 11.8 Å². The molecule has 0 saturated carbocycles. The first-order valence-corrected chi connectivity index (χ1v) is 14.7. The Bertz CT molecular complexity index is 1490. The second kappa shape index (κ2) is 13.1. The second-order valence-corrected chi connectivity index (χ2v) is 10.8. The zero-order chi connectivity index (χ0) is 28.8. The van der Waals surface area contributed by atoms with Crippen molar-refractivity contribution in [3.63, 3.8) is 0 Å². The van der Waals surface area contributed by atoms with Gasteiger partial charge in [-0.1, -0.05) is 49.7 Å². The number of piperazine rings is 1. The molecular formula is C32H37ClN6O2. The van der Waals surface area contributed by atoms with E-state index in [1.165, 1.54) is 11.4 Å². The van der Waals surface area contributed by atoms with Crippen LogP contribution in [0.2, 0.25) is 5.02 Å². The van der Waals surface area contributed by atoms with Crippen LogP contribution in [0.5, 0.6) is 0 Å². The van der Waals surface area contributed by atoms with Crippen molar-refractivity contribution >= 4 is 40.4 Å². The van der Waals surface area contributed by atoms with Crippen LogP contribution in [0.25, 0.3) is 5.65 Å². The number of hydrogen-bond donors (Lipinski definition) is 2. The van der Waals surface area contributed by atoms with Crippen LogP contribution in [0.1, 0.15) is 54.0 Å². The van der Waals surface area contributed by atoms with Gasteiger partial charge in [-0.25, -0.2) is 4.98 Å². The molecule has 0 aliphatic carbocycles. The van der Waals surface area contributed by atoms with Gasteiger partial charge in [0.25, 0.3) is 5.91 Å². The Labute approximate surface area is 246 Å². The highest BCUT2D eigenvalue weighted by molar-refractivity contribution is 6.30. The lowest BCUT2D eigenvalue weighted by atomic mass is 10.1. The molecule has 0 bridgehead atoms. The molecule has 214 valence electrons. The number of rotatable bonds is 10. The summed E-state index contributed by atoms with van der Waals surface area (Å²) in [5.41, 5.74) is 6.54. The quantitative estimate of drug-likeness (QED) is 0.272. The van der Waals surface area contributed by atoms with Crippen molar-refractivity contribution in [2.75, 3.05) is 36.0 Å². The van der Waals surface area contributed by atoms with E-state index in [4.69, 9.17) is 11.6 Å². The van der Waals surface area contributed by atoms with Crippen LogP contribution in [0, 0.1) is 0 Å². The Morgan fingerprint density at radius 1 is 0.829 bits per heavy atom. The number of nitrogens with one attached hydrogen (secondary N) is 2. The van der Waals surface area contributed by atoms with Gasteiger partial charge in [-0.05, 0) is 54.3 Å². The van der Waals surface area contributed by atoms with Crippen molar-refractivity contribution in [3.05, 3.63) is 94.4 Å². The van der Waals surface area contributed by atoms with E-state index in [9.17, 15) is 9.59 Å². The van der Waals surface area contributed by atoms with Gasteiger partial charge in [0, 0.05) is 74.3 Å². The molecule has 1 aliphatic rings. The molecule has 2 aromatic carbocycles. The maximum absolute atomic E-state index is 13.1. The molecule has 41 heavy (non-hydrogen) atoms. The van der Waals surface area contributed by atoms with E-state index in [1.54, 1.807) is 22.7 Å². The van der Waals surface area contributed by atoms with E-state index in [2.05, 4.69) is 73.9 Å². The molecule has 0 radical (unpaired) electrons. The fraction of sp³-hybridized carbons (Fsp3) is 0.344. The molecule has 1 saturated heterocycles. The number of carbonyl (C=O) groups excluding carboxylic acids is 2. The first-order chi connectivity index (χ1) is 19.9. The average Bonchev–Trinajstić information content (AvgIpc) is 3.37. The van der Waals surface area contributed by atoms with Gasteiger partial charge in [0.1, 0.15) is 11.3 Å². The molecule has 0 spiro atoms. The molecule has 1 aliphatic heterocycles. The van der Waals surface area contributed by atoms with E-state index in [1.807, 2.05) is 13.8 Å².